The number of hydrogen-bond donors (Lipinski definition) is 0. The summed E-state index contributed by atoms with van der Waals surface area (Å²) in [7, 11) is 0. The molecule has 2 heteroatoms. The Labute approximate surface area is 80.1 Å². The summed E-state index contributed by atoms with van der Waals surface area (Å²) >= 11 is 0. The maximum absolute atomic E-state index is 11.4. The molecule has 2 nitrogen and oxygen atoms in total. The summed E-state index contributed by atoms with van der Waals surface area (Å²) in [6, 6.07) is 13.1. The van der Waals surface area contributed by atoms with Gasteiger partial charge in [0.05, 0.1) is 0 Å². The lowest BCUT2D eigenvalue weighted by molar-refractivity contribution is 1.37. The van der Waals surface area contributed by atoms with Crippen LogP contribution in [0.25, 0.3) is 0 Å². The first-order valence-electron chi connectivity index (χ1n) is 4.31. The van der Waals surface area contributed by atoms with Gasteiger partial charge in [0.2, 0.25) is 0 Å². The zero-order chi connectivity index (χ0) is 9.97. The molecule has 0 aromatic rings. The van der Waals surface area contributed by atoms with Gasteiger partial charge in [-0.3, -0.25) is 9.59 Å². The molecule has 68 valence electrons. The SMILES string of the molecule is O=c1ccc(=O)c2ccccccc1=2. The highest BCUT2D eigenvalue weighted by molar-refractivity contribution is 5.15. The summed E-state index contributed by atoms with van der Waals surface area (Å²) in [5.41, 5.74) is -0.230. The van der Waals surface area contributed by atoms with E-state index < -0.39 is 0 Å². The van der Waals surface area contributed by atoms with Crippen molar-refractivity contribution in [2.75, 3.05) is 0 Å². The van der Waals surface area contributed by atoms with Gasteiger partial charge >= 0.3 is 0 Å². The van der Waals surface area contributed by atoms with Crippen molar-refractivity contribution in [2.24, 2.45) is 0 Å². The molecule has 0 unspecified atom stereocenters. The third-order valence-corrected chi connectivity index (χ3v) is 2.07. The zero-order valence-corrected chi connectivity index (χ0v) is 7.44. The molecule has 14 heavy (non-hydrogen) atoms. The molecule has 0 aliphatic heterocycles. The Morgan fingerprint density at radius 1 is 0.571 bits per heavy atom. The monoisotopic (exact) mass is 184 g/mol. The number of rotatable bonds is 0. The average molecular weight is 184 g/mol. The Bertz CT molecular complexity index is 575. The van der Waals surface area contributed by atoms with Crippen molar-refractivity contribution in [3.63, 3.8) is 0 Å². The first kappa shape index (κ1) is 8.63. The van der Waals surface area contributed by atoms with Crippen LogP contribution in [0.5, 0.6) is 0 Å². The second-order valence-electron chi connectivity index (χ2n) is 2.99. The van der Waals surface area contributed by atoms with Crippen molar-refractivity contribution in [1.82, 2.24) is 0 Å². The Balaban J connectivity index is 3.23. The van der Waals surface area contributed by atoms with Crippen LogP contribution >= 0.6 is 0 Å². The van der Waals surface area contributed by atoms with E-state index in [0.29, 0.717) is 10.4 Å². The highest BCUT2D eigenvalue weighted by Crippen LogP contribution is 1.87. The minimum Gasteiger partial charge on any atom is -0.289 e. The van der Waals surface area contributed by atoms with Crippen molar-refractivity contribution >= 4 is 0 Å². The van der Waals surface area contributed by atoms with Gasteiger partial charge in [0.15, 0.2) is 10.9 Å². The van der Waals surface area contributed by atoms with Crippen molar-refractivity contribution in [3.05, 3.63) is 79.4 Å². The van der Waals surface area contributed by atoms with E-state index in [4.69, 9.17) is 0 Å². The van der Waals surface area contributed by atoms with Gasteiger partial charge in [-0.15, -0.1) is 0 Å². The topological polar surface area (TPSA) is 34.1 Å². The summed E-state index contributed by atoms with van der Waals surface area (Å²) in [4.78, 5) is 22.9. The van der Waals surface area contributed by atoms with E-state index in [1.165, 1.54) is 12.1 Å². The predicted octanol–water partition coefficient (Wildman–Crippen LogP) is 1.13. The van der Waals surface area contributed by atoms with E-state index in [1.807, 2.05) is 12.1 Å². The lowest BCUT2D eigenvalue weighted by Crippen LogP contribution is -2.10. The van der Waals surface area contributed by atoms with Gasteiger partial charge in [0.25, 0.3) is 0 Å². The van der Waals surface area contributed by atoms with Crippen molar-refractivity contribution in [1.29, 1.82) is 0 Å². The van der Waals surface area contributed by atoms with E-state index in [-0.39, 0.29) is 10.9 Å². The predicted molar refractivity (Wildman–Crippen MR) is 54.3 cm³/mol. The maximum Gasteiger partial charge on any atom is 0.186 e. The molecule has 0 bridgehead atoms. The fourth-order valence-corrected chi connectivity index (χ4v) is 1.37. The summed E-state index contributed by atoms with van der Waals surface area (Å²) < 4.78 is 0. The van der Waals surface area contributed by atoms with Crippen LogP contribution in [0.3, 0.4) is 0 Å². The normalized spacial score (nSPS) is 10.0. The second kappa shape index (κ2) is 3.42. The minimum atomic E-state index is -0.115. The largest absolute Gasteiger partial charge is 0.289 e. The fourth-order valence-electron chi connectivity index (χ4n) is 1.37. The van der Waals surface area contributed by atoms with Gasteiger partial charge in [0.1, 0.15) is 0 Å². The fraction of sp³-hybridized carbons (Fsp3) is 0. The molecule has 2 rings (SSSR count). The molecule has 0 N–H and O–H groups in total. The first-order chi connectivity index (χ1) is 6.79. The molecule has 0 spiro atoms. The molecular formula is C12H8O2. The van der Waals surface area contributed by atoms with E-state index in [1.54, 1.807) is 24.3 Å². The molecule has 0 saturated carbocycles. The van der Waals surface area contributed by atoms with E-state index in [9.17, 15) is 9.59 Å². The van der Waals surface area contributed by atoms with Crippen molar-refractivity contribution in [2.45, 2.75) is 0 Å². The molecule has 0 aromatic carbocycles. The molecule has 0 radical (unpaired) electrons. The second-order valence-corrected chi connectivity index (χ2v) is 2.99. The highest BCUT2D eigenvalue weighted by atomic mass is 16.1. The molecule has 0 aromatic heterocycles. The van der Waals surface area contributed by atoms with Crippen LogP contribution < -0.4 is 10.9 Å². The standard InChI is InChI=1S/C12H8O2/c13-11-7-8-12(14)10-6-4-2-1-3-5-9(10)11/h1-8H. The Kier molecular flexibility index (Phi) is 2.11. The molecule has 0 amide bonds. The van der Waals surface area contributed by atoms with E-state index >= 15 is 0 Å². The van der Waals surface area contributed by atoms with Crippen LogP contribution in [-0.2, 0) is 0 Å². The Morgan fingerprint density at radius 3 is 1.43 bits per heavy atom. The third-order valence-electron chi connectivity index (χ3n) is 2.07. The van der Waals surface area contributed by atoms with Crippen LogP contribution in [0.15, 0.2) is 58.1 Å². The van der Waals surface area contributed by atoms with Gasteiger partial charge in [-0.2, -0.15) is 0 Å². The van der Waals surface area contributed by atoms with E-state index in [0.717, 1.165) is 0 Å². The highest BCUT2D eigenvalue weighted by Gasteiger charge is 1.93. The lowest BCUT2D eigenvalue weighted by Gasteiger charge is -1.85. The minimum absolute atomic E-state index is 0.115. The molecule has 0 fully saturated rings. The molecule has 0 atom stereocenters. The molecule has 2 aliphatic carbocycles. The smallest absolute Gasteiger partial charge is 0.186 e. The third kappa shape index (κ3) is 1.42. The van der Waals surface area contributed by atoms with Gasteiger partial charge in [-0.1, -0.05) is 36.4 Å². The Morgan fingerprint density at radius 2 is 1.00 bits per heavy atom. The van der Waals surface area contributed by atoms with Crippen LogP contribution in [0.4, 0.5) is 0 Å². The first-order valence-corrected chi connectivity index (χ1v) is 4.31. The lowest BCUT2D eigenvalue weighted by atomic mass is 10.2. The molecular weight excluding hydrogens is 176 g/mol. The number of hydrogen-bond acceptors (Lipinski definition) is 2. The van der Waals surface area contributed by atoms with Crippen LogP contribution in [-0.4, -0.2) is 0 Å². The average Bonchev–Trinajstić information content (AvgIpc) is 2.11. The van der Waals surface area contributed by atoms with Crippen LogP contribution in [0.2, 0.25) is 0 Å². The summed E-state index contributed by atoms with van der Waals surface area (Å²) in [5, 5.41) is 0.941. The van der Waals surface area contributed by atoms with Gasteiger partial charge < -0.3 is 0 Å². The Hall–Kier alpha value is -1.96. The van der Waals surface area contributed by atoms with Gasteiger partial charge in [0, 0.05) is 10.4 Å². The van der Waals surface area contributed by atoms with Crippen molar-refractivity contribution in [3.8, 4) is 0 Å². The summed E-state index contributed by atoms with van der Waals surface area (Å²) in [5.74, 6) is 0. The van der Waals surface area contributed by atoms with Crippen LogP contribution in [0, 0.1) is 10.4 Å². The quantitative estimate of drug-likeness (QED) is 0.615. The van der Waals surface area contributed by atoms with Crippen molar-refractivity contribution < 1.29 is 0 Å². The van der Waals surface area contributed by atoms with E-state index in [2.05, 4.69) is 0 Å². The maximum atomic E-state index is 11.4. The summed E-state index contributed by atoms with van der Waals surface area (Å²) in [6.07, 6.45) is 0. The van der Waals surface area contributed by atoms with Gasteiger partial charge in [-0.25, -0.2) is 0 Å². The zero-order valence-electron chi connectivity index (χ0n) is 7.44. The van der Waals surface area contributed by atoms with Gasteiger partial charge in [-0.05, 0) is 12.1 Å². The molecule has 0 saturated heterocycles. The molecule has 2 aliphatic rings. The van der Waals surface area contributed by atoms with Crippen LogP contribution in [0.1, 0.15) is 0 Å². The molecule has 0 heterocycles. The summed E-state index contributed by atoms with van der Waals surface area (Å²) in [6.45, 7) is 0.